The van der Waals surface area contributed by atoms with Crippen LogP contribution in [0.25, 0.3) is 0 Å². The average Bonchev–Trinajstić information content (AvgIpc) is 2.45. The molecule has 0 atom stereocenters. The Balaban J connectivity index is 2.23. The van der Waals surface area contributed by atoms with Gasteiger partial charge in [-0.2, -0.15) is 0 Å². The summed E-state index contributed by atoms with van der Waals surface area (Å²) in [6, 6.07) is 13.6. The van der Waals surface area contributed by atoms with Gasteiger partial charge in [-0.3, -0.25) is 0 Å². The summed E-state index contributed by atoms with van der Waals surface area (Å²) >= 11 is 0. The summed E-state index contributed by atoms with van der Waals surface area (Å²) in [6.07, 6.45) is 1.68. The van der Waals surface area contributed by atoms with Crippen molar-refractivity contribution >= 4 is 0 Å². The molecule has 0 N–H and O–H groups in total. The van der Waals surface area contributed by atoms with Crippen LogP contribution in [0, 0.1) is 17.7 Å². The third-order valence-corrected chi connectivity index (χ3v) is 2.43. The minimum atomic E-state index is -0.264. The monoisotopic (exact) mass is 252 g/mol. The van der Waals surface area contributed by atoms with Crippen molar-refractivity contribution in [3.63, 3.8) is 0 Å². The summed E-state index contributed by atoms with van der Waals surface area (Å²) in [5, 5.41) is 0. The van der Waals surface area contributed by atoms with Crippen molar-refractivity contribution < 1.29 is 9.13 Å². The maximum atomic E-state index is 12.8. The zero-order valence-corrected chi connectivity index (χ0v) is 10.4. The second kappa shape index (κ2) is 6.42. The van der Waals surface area contributed by atoms with Gasteiger partial charge in [0.15, 0.2) is 0 Å². The Hall–Kier alpha value is -2.53. The Morgan fingerprint density at radius 3 is 2.53 bits per heavy atom. The van der Waals surface area contributed by atoms with Gasteiger partial charge in [0.2, 0.25) is 0 Å². The summed E-state index contributed by atoms with van der Waals surface area (Å²) in [7, 11) is 0. The Kier molecular flexibility index (Phi) is 4.36. The molecule has 0 bridgehead atoms. The van der Waals surface area contributed by atoms with Crippen molar-refractivity contribution in [1.29, 1.82) is 0 Å². The van der Waals surface area contributed by atoms with E-state index in [0.29, 0.717) is 6.61 Å². The van der Waals surface area contributed by atoms with E-state index in [9.17, 15) is 4.39 Å². The van der Waals surface area contributed by atoms with Gasteiger partial charge in [0.1, 0.15) is 18.2 Å². The molecule has 0 aliphatic carbocycles. The molecular weight excluding hydrogens is 239 g/mol. The lowest BCUT2D eigenvalue weighted by molar-refractivity contribution is 0.362. The molecule has 0 aromatic heterocycles. The van der Waals surface area contributed by atoms with Crippen molar-refractivity contribution in [2.24, 2.45) is 0 Å². The van der Waals surface area contributed by atoms with E-state index >= 15 is 0 Å². The van der Waals surface area contributed by atoms with E-state index in [1.807, 2.05) is 24.3 Å². The van der Waals surface area contributed by atoms with E-state index in [1.54, 1.807) is 18.2 Å². The molecular formula is C17H13FO. The second-order valence-electron chi connectivity index (χ2n) is 3.85. The Bertz CT molecular complexity index is 618. The van der Waals surface area contributed by atoms with Gasteiger partial charge >= 0.3 is 0 Å². The molecule has 0 saturated carbocycles. The molecule has 1 nitrogen and oxygen atoms in total. The van der Waals surface area contributed by atoms with Gasteiger partial charge in [0.25, 0.3) is 0 Å². The van der Waals surface area contributed by atoms with Crippen molar-refractivity contribution in [1.82, 2.24) is 0 Å². The van der Waals surface area contributed by atoms with Crippen LogP contribution in [-0.2, 0) is 0 Å². The van der Waals surface area contributed by atoms with Gasteiger partial charge in [0, 0.05) is 5.56 Å². The van der Waals surface area contributed by atoms with Crippen LogP contribution in [0.5, 0.6) is 5.75 Å². The first-order valence-electron chi connectivity index (χ1n) is 5.90. The molecule has 0 aliphatic heterocycles. The molecule has 19 heavy (non-hydrogen) atoms. The highest BCUT2D eigenvalue weighted by Gasteiger charge is 1.98. The highest BCUT2D eigenvalue weighted by Crippen LogP contribution is 2.16. The van der Waals surface area contributed by atoms with Gasteiger partial charge in [-0.1, -0.05) is 36.6 Å². The summed E-state index contributed by atoms with van der Waals surface area (Å²) < 4.78 is 18.3. The Morgan fingerprint density at radius 2 is 1.79 bits per heavy atom. The van der Waals surface area contributed by atoms with E-state index in [2.05, 4.69) is 18.4 Å². The van der Waals surface area contributed by atoms with Crippen LogP contribution in [0.15, 0.2) is 61.2 Å². The number of ether oxygens (including phenoxy) is 1. The van der Waals surface area contributed by atoms with Crippen LogP contribution in [0.2, 0.25) is 0 Å². The quantitative estimate of drug-likeness (QED) is 0.596. The van der Waals surface area contributed by atoms with E-state index < -0.39 is 0 Å². The van der Waals surface area contributed by atoms with Crippen LogP contribution in [0.1, 0.15) is 11.1 Å². The molecule has 2 rings (SSSR count). The number of benzene rings is 2. The van der Waals surface area contributed by atoms with Gasteiger partial charge < -0.3 is 4.74 Å². The first-order valence-corrected chi connectivity index (χ1v) is 5.90. The van der Waals surface area contributed by atoms with Crippen LogP contribution < -0.4 is 4.74 Å². The highest BCUT2D eigenvalue weighted by atomic mass is 19.1. The van der Waals surface area contributed by atoms with Crippen molar-refractivity contribution in [3.05, 3.63) is 78.1 Å². The van der Waals surface area contributed by atoms with E-state index in [4.69, 9.17) is 4.74 Å². The predicted molar refractivity (Wildman–Crippen MR) is 74.5 cm³/mol. The molecule has 0 radical (unpaired) electrons. The van der Waals surface area contributed by atoms with Crippen LogP contribution in [0.4, 0.5) is 4.39 Å². The molecule has 0 heterocycles. The minimum absolute atomic E-state index is 0.264. The fourth-order valence-electron chi connectivity index (χ4n) is 1.52. The lowest BCUT2D eigenvalue weighted by Crippen LogP contribution is -1.94. The van der Waals surface area contributed by atoms with E-state index in [1.165, 1.54) is 12.1 Å². The van der Waals surface area contributed by atoms with Gasteiger partial charge in [-0.15, -0.1) is 0 Å². The molecule has 2 aromatic carbocycles. The molecule has 0 fully saturated rings. The number of hydrogen-bond acceptors (Lipinski definition) is 1. The lowest BCUT2D eigenvalue weighted by atomic mass is 10.1. The lowest BCUT2D eigenvalue weighted by Gasteiger charge is -2.04. The van der Waals surface area contributed by atoms with Crippen LogP contribution in [0.3, 0.4) is 0 Å². The molecule has 2 heteroatoms. The first-order chi connectivity index (χ1) is 9.29. The predicted octanol–water partition coefficient (Wildman–Crippen LogP) is 3.79. The maximum absolute atomic E-state index is 12.8. The summed E-state index contributed by atoms with van der Waals surface area (Å²) in [4.78, 5) is 0. The Labute approximate surface area is 112 Å². The average molecular weight is 252 g/mol. The van der Waals surface area contributed by atoms with Gasteiger partial charge in [-0.25, -0.2) is 4.39 Å². The molecule has 0 aliphatic rings. The molecule has 2 aromatic rings. The normalized spacial score (nSPS) is 9.32. The zero-order chi connectivity index (χ0) is 13.5. The molecule has 0 spiro atoms. The highest BCUT2D eigenvalue weighted by molar-refractivity contribution is 5.49. The van der Waals surface area contributed by atoms with Crippen molar-refractivity contribution in [3.8, 4) is 17.6 Å². The SMILES string of the molecule is C=CCOc1ccccc1C#Cc1ccc(F)cc1. The Morgan fingerprint density at radius 1 is 1.05 bits per heavy atom. The third kappa shape index (κ3) is 3.72. The van der Waals surface area contributed by atoms with Crippen LogP contribution >= 0.6 is 0 Å². The molecule has 94 valence electrons. The second-order valence-corrected chi connectivity index (χ2v) is 3.85. The smallest absolute Gasteiger partial charge is 0.135 e. The number of hydrogen-bond donors (Lipinski definition) is 0. The molecule has 0 saturated heterocycles. The first kappa shape index (κ1) is 12.9. The molecule has 0 unspecified atom stereocenters. The number of para-hydroxylation sites is 1. The fourth-order valence-corrected chi connectivity index (χ4v) is 1.52. The van der Waals surface area contributed by atoms with Gasteiger partial charge in [0.05, 0.1) is 5.56 Å². The standard InChI is InChI=1S/C17H13FO/c1-2-13-19-17-6-4-3-5-15(17)10-7-14-8-11-16(18)12-9-14/h2-6,8-9,11-12H,1,13H2. The molecule has 0 amide bonds. The van der Waals surface area contributed by atoms with E-state index in [-0.39, 0.29) is 5.82 Å². The topological polar surface area (TPSA) is 9.23 Å². The number of halogens is 1. The van der Waals surface area contributed by atoms with E-state index in [0.717, 1.165) is 16.9 Å². The minimum Gasteiger partial charge on any atom is -0.488 e. The zero-order valence-electron chi connectivity index (χ0n) is 10.4. The number of rotatable bonds is 3. The summed E-state index contributed by atoms with van der Waals surface area (Å²) in [6.45, 7) is 4.05. The van der Waals surface area contributed by atoms with Crippen molar-refractivity contribution in [2.45, 2.75) is 0 Å². The largest absolute Gasteiger partial charge is 0.488 e. The maximum Gasteiger partial charge on any atom is 0.135 e. The van der Waals surface area contributed by atoms with Gasteiger partial charge in [-0.05, 0) is 36.4 Å². The summed E-state index contributed by atoms with van der Waals surface area (Å²) in [5.74, 6) is 6.46. The summed E-state index contributed by atoms with van der Waals surface area (Å²) in [5.41, 5.74) is 1.56. The van der Waals surface area contributed by atoms with Crippen LogP contribution in [-0.4, -0.2) is 6.61 Å². The fraction of sp³-hybridized carbons (Fsp3) is 0.0588. The van der Waals surface area contributed by atoms with Crippen molar-refractivity contribution in [2.75, 3.05) is 6.61 Å². The third-order valence-electron chi connectivity index (χ3n) is 2.43.